The van der Waals surface area contributed by atoms with Gasteiger partial charge in [-0.05, 0) is 38.0 Å². The average molecular weight is 534 g/mol. The number of carbonyl (C=O) groups excluding carboxylic acids is 1. The first-order valence-electron chi connectivity index (χ1n) is 17.6. The maximum absolute atomic E-state index is 11.3. The van der Waals surface area contributed by atoms with Crippen LogP contribution in [0.3, 0.4) is 0 Å². The number of hydrogen-bond donors (Lipinski definition) is 1. The minimum absolute atomic E-state index is 0.125. The van der Waals surface area contributed by atoms with Crippen molar-refractivity contribution >= 4 is 5.91 Å². The smallest absolute Gasteiger partial charge is 0.217 e. The number of hydrogen-bond acceptors (Lipinski definition) is 1. The molecule has 0 saturated heterocycles. The Balaban J connectivity index is 3.62. The molecule has 0 radical (unpaired) electrons. The van der Waals surface area contributed by atoms with Gasteiger partial charge in [0.05, 0.1) is 0 Å². The monoisotopic (exact) mass is 534 g/mol. The molecule has 38 heavy (non-hydrogen) atoms. The van der Waals surface area contributed by atoms with Gasteiger partial charge in [-0.25, -0.2) is 0 Å². The molecule has 0 aliphatic carbocycles. The molecule has 1 amide bonds. The fraction of sp³-hybridized carbons (Fsp3) is 0.917. The Morgan fingerprint density at radius 2 is 0.789 bits per heavy atom. The summed E-state index contributed by atoms with van der Waals surface area (Å²) in [5, 5.41) is 0. The van der Waals surface area contributed by atoms with Gasteiger partial charge in [-0.2, -0.15) is 0 Å². The number of allylic oxidation sites excluding steroid dienone is 2. The van der Waals surface area contributed by atoms with Gasteiger partial charge < -0.3 is 5.73 Å². The van der Waals surface area contributed by atoms with Crippen molar-refractivity contribution in [2.24, 2.45) is 11.7 Å². The summed E-state index contributed by atoms with van der Waals surface area (Å²) >= 11 is 0. The van der Waals surface area contributed by atoms with E-state index in [0.29, 0.717) is 12.3 Å². The number of carbonyl (C=O) groups is 1. The highest BCUT2D eigenvalue weighted by Gasteiger charge is 2.10. The van der Waals surface area contributed by atoms with Gasteiger partial charge in [0.15, 0.2) is 0 Å². The molecule has 0 bridgehead atoms. The largest absolute Gasteiger partial charge is 0.370 e. The van der Waals surface area contributed by atoms with Gasteiger partial charge in [-0.3, -0.25) is 4.79 Å². The highest BCUT2D eigenvalue weighted by Crippen LogP contribution is 2.23. The van der Waals surface area contributed by atoms with Gasteiger partial charge in [-0.15, -0.1) is 0 Å². The fourth-order valence-electron chi connectivity index (χ4n) is 5.73. The summed E-state index contributed by atoms with van der Waals surface area (Å²) in [5.74, 6) is 0.570. The van der Waals surface area contributed by atoms with Crippen molar-refractivity contribution in [3.05, 3.63) is 12.2 Å². The molecule has 226 valence electrons. The van der Waals surface area contributed by atoms with Crippen LogP contribution in [0.1, 0.15) is 206 Å². The van der Waals surface area contributed by atoms with Gasteiger partial charge in [0.1, 0.15) is 0 Å². The standard InChI is InChI=1S/C36H71NO/c1-3-5-7-9-11-13-15-17-18-19-20-22-24-26-28-30-32-35(33-34-36(37)38)31-29-27-25-23-21-16-14-12-10-8-6-4-2/h21,23,35H,3-20,22,24-34H2,1-2H3,(H2,37,38)/b23-21-. The van der Waals surface area contributed by atoms with Crippen LogP contribution >= 0.6 is 0 Å². The van der Waals surface area contributed by atoms with E-state index in [2.05, 4.69) is 26.0 Å². The first-order valence-corrected chi connectivity index (χ1v) is 17.6. The van der Waals surface area contributed by atoms with E-state index in [9.17, 15) is 4.79 Å². The van der Waals surface area contributed by atoms with E-state index < -0.39 is 0 Å². The zero-order chi connectivity index (χ0) is 27.8. The molecule has 0 fully saturated rings. The number of primary amides is 1. The molecule has 0 heterocycles. The Morgan fingerprint density at radius 1 is 0.474 bits per heavy atom. The molecule has 2 nitrogen and oxygen atoms in total. The molecule has 2 N–H and O–H groups in total. The molecule has 0 aliphatic rings. The lowest BCUT2D eigenvalue weighted by Crippen LogP contribution is -2.13. The number of unbranched alkanes of at least 4 members (excludes halogenated alkanes) is 23. The summed E-state index contributed by atoms with van der Waals surface area (Å²) < 4.78 is 0. The first-order chi connectivity index (χ1) is 18.7. The Kier molecular flexibility index (Phi) is 31.7. The highest BCUT2D eigenvalue weighted by atomic mass is 16.1. The van der Waals surface area contributed by atoms with Crippen molar-refractivity contribution in [1.29, 1.82) is 0 Å². The lowest BCUT2D eigenvalue weighted by Gasteiger charge is -2.16. The third kappa shape index (κ3) is 31.4. The predicted octanol–water partition coefficient (Wildman–Crippen LogP) is 12.4. The van der Waals surface area contributed by atoms with Crippen LogP contribution in [-0.4, -0.2) is 5.91 Å². The van der Waals surface area contributed by atoms with Crippen LogP contribution in [0, 0.1) is 5.92 Å². The summed E-state index contributed by atoms with van der Waals surface area (Å²) in [6.45, 7) is 4.58. The summed E-state index contributed by atoms with van der Waals surface area (Å²) in [7, 11) is 0. The first kappa shape index (κ1) is 37.2. The Hall–Kier alpha value is -0.790. The van der Waals surface area contributed by atoms with Crippen molar-refractivity contribution in [3.8, 4) is 0 Å². The molecule has 0 saturated carbocycles. The second-order valence-electron chi connectivity index (χ2n) is 12.3. The predicted molar refractivity (Wildman–Crippen MR) is 172 cm³/mol. The molecule has 0 aromatic heterocycles. The molecule has 0 spiro atoms. The molecule has 0 aliphatic heterocycles. The van der Waals surface area contributed by atoms with Gasteiger partial charge >= 0.3 is 0 Å². The molecule has 2 heteroatoms. The molecular weight excluding hydrogens is 462 g/mol. The summed E-state index contributed by atoms with van der Waals surface area (Å²) in [5.41, 5.74) is 5.45. The summed E-state index contributed by atoms with van der Waals surface area (Å²) in [6.07, 6.45) is 45.1. The minimum Gasteiger partial charge on any atom is -0.370 e. The topological polar surface area (TPSA) is 43.1 Å². The van der Waals surface area contributed by atoms with E-state index in [1.807, 2.05) is 0 Å². The Labute approximate surface area is 240 Å². The molecule has 1 atom stereocenters. The van der Waals surface area contributed by atoms with Crippen LogP contribution in [0.2, 0.25) is 0 Å². The quantitative estimate of drug-likeness (QED) is 0.0678. The molecule has 0 aromatic rings. The van der Waals surface area contributed by atoms with E-state index in [4.69, 9.17) is 5.73 Å². The lowest BCUT2D eigenvalue weighted by atomic mass is 9.90. The minimum atomic E-state index is -0.125. The van der Waals surface area contributed by atoms with Crippen LogP contribution in [0.25, 0.3) is 0 Å². The number of nitrogens with two attached hydrogens (primary N) is 1. The van der Waals surface area contributed by atoms with Crippen molar-refractivity contribution in [2.75, 3.05) is 0 Å². The second kappa shape index (κ2) is 32.4. The normalized spacial score (nSPS) is 12.5. The zero-order valence-corrected chi connectivity index (χ0v) is 26.4. The molecular formula is C36H71NO. The van der Waals surface area contributed by atoms with Crippen LogP contribution < -0.4 is 5.73 Å². The third-order valence-electron chi connectivity index (χ3n) is 8.39. The van der Waals surface area contributed by atoms with Crippen molar-refractivity contribution in [3.63, 3.8) is 0 Å². The van der Waals surface area contributed by atoms with Gasteiger partial charge in [-0.1, -0.05) is 180 Å². The summed E-state index contributed by atoms with van der Waals surface area (Å²) in [6, 6.07) is 0. The fourth-order valence-corrected chi connectivity index (χ4v) is 5.73. The highest BCUT2D eigenvalue weighted by molar-refractivity contribution is 5.73. The van der Waals surface area contributed by atoms with Gasteiger partial charge in [0, 0.05) is 6.42 Å². The molecule has 0 rings (SSSR count). The molecule has 0 aromatic carbocycles. The maximum atomic E-state index is 11.3. The average Bonchev–Trinajstić information content (AvgIpc) is 2.91. The van der Waals surface area contributed by atoms with E-state index in [0.717, 1.165) is 6.42 Å². The Morgan fingerprint density at radius 3 is 1.18 bits per heavy atom. The van der Waals surface area contributed by atoms with Crippen LogP contribution in [0.5, 0.6) is 0 Å². The van der Waals surface area contributed by atoms with Crippen molar-refractivity contribution < 1.29 is 4.79 Å². The van der Waals surface area contributed by atoms with E-state index in [-0.39, 0.29) is 5.91 Å². The van der Waals surface area contributed by atoms with Crippen molar-refractivity contribution in [1.82, 2.24) is 0 Å². The van der Waals surface area contributed by atoms with Gasteiger partial charge in [0.25, 0.3) is 0 Å². The van der Waals surface area contributed by atoms with E-state index in [1.54, 1.807) is 0 Å². The zero-order valence-electron chi connectivity index (χ0n) is 26.4. The number of rotatable bonds is 32. The van der Waals surface area contributed by atoms with Crippen molar-refractivity contribution in [2.45, 2.75) is 206 Å². The van der Waals surface area contributed by atoms with Crippen LogP contribution in [0.15, 0.2) is 12.2 Å². The Bertz CT molecular complexity index is 486. The SMILES string of the molecule is CCCCCCCC/C=C\CCCCC(CCCCCCCCCCCCCCCCCC)CCC(N)=O. The van der Waals surface area contributed by atoms with Gasteiger partial charge in [0.2, 0.25) is 5.91 Å². The maximum Gasteiger partial charge on any atom is 0.217 e. The van der Waals surface area contributed by atoms with Crippen LogP contribution in [0.4, 0.5) is 0 Å². The number of amides is 1. The van der Waals surface area contributed by atoms with Crippen LogP contribution in [-0.2, 0) is 4.79 Å². The lowest BCUT2D eigenvalue weighted by molar-refractivity contribution is -0.118. The molecule has 1 unspecified atom stereocenters. The van der Waals surface area contributed by atoms with E-state index >= 15 is 0 Å². The third-order valence-corrected chi connectivity index (χ3v) is 8.39. The van der Waals surface area contributed by atoms with E-state index in [1.165, 1.54) is 180 Å². The second-order valence-corrected chi connectivity index (χ2v) is 12.3. The summed E-state index contributed by atoms with van der Waals surface area (Å²) in [4.78, 5) is 11.3.